The molecule has 0 aliphatic heterocycles. The van der Waals surface area contributed by atoms with Crippen LogP contribution in [0.3, 0.4) is 0 Å². The van der Waals surface area contributed by atoms with Crippen molar-refractivity contribution in [3.63, 3.8) is 0 Å². The molecular formula is C27H40IO-. The Kier molecular flexibility index (Phi) is 11.8. The Morgan fingerprint density at radius 1 is 0.690 bits per heavy atom. The van der Waals surface area contributed by atoms with E-state index in [4.69, 9.17) is 4.74 Å². The van der Waals surface area contributed by atoms with E-state index in [0.717, 1.165) is 12.4 Å². The summed E-state index contributed by atoms with van der Waals surface area (Å²) in [5.74, 6) is 1.02. The van der Waals surface area contributed by atoms with Crippen LogP contribution in [-0.2, 0) is 0 Å². The van der Waals surface area contributed by atoms with Gasteiger partial charge in [0.25, 0.3) is 0 Å². The van der Waals surface area contributed by atoms with Gasteiger partial charge in [-0.1, -0.05) is 32.6 Å². The van der Waals surface area contributed by atoms with E-state index < -0.39 is 0 Å². The van der Waals surface area contributed by atoms with Crippen molar-refractivity contribution in [2.75, 3.05) is 6.61 Å². The van der Waals surface area contributed by atoms with Crippen LogP contribution in [0.4, 0.5) is 0 Å². The van der Waals surface area contributed by atoms with E-state index in [1.807, 2.05) is 0 Å². The molecule has 2 rings (SSSR count). The fraction of sp³-hybridized carbons (Fsp3) is 0.556. The van der Waals surface area contributed by atoms with Crippen molar-refractivity contribution in [1.82, 2.24) is 0 Å². The van der Waals surface area contributed by atoms with Gasteiger partial charge in [0.15, 0.2) is 0 Å². The van der Waals surface area contributed by atoms with Crippen LogP contribution in [0.25, 0.3) is 0 Å². The van der Waals surface area contributed by atoms with Crippen molar-refractivity contribution in [3.8, 4) is 5.75 Å². The van der Waals surface area contributed by atoms with Gasteiger partial charge in [-0.3, -0.25) is 0 Å². The first-order valence-corrected chi connectivity index (χ1v) is 13.7. The van der Waals surface area contributed by atoms with Gasteiger partial charge < -0.3 is 0 Å². The second-order valence-corrected chi connectivity index (χ2v) is 11.2. The molecule has 0 N–H and O–H groups in total. The maximum absolute atomic E-state index is 5.96. The molecule has 0 spiro atoms. The third-order valence-corrected chi connectivity index (χ3v) is 8.95. The van der Waals surface area contributed by atoms with E-state index in [2.05, 4.69) is 64.1 Å². The number of unbranched alkanes of at least 4 members (excludes halogenated alkanes) is 9. The predicted molar refractivity (Wildman–Crippen MR) is 122 cm³/mol. The van der Waals surface area contributed by atoms with Gasteiger partial charge in [0.05, 0.1) is 0 Å². The molecule has 29 heavy (non-hydrogen) atoms. The molecule has 0 unspecified atom stereocenters. The number of hydrogen-bond acceptors (Lipinski definition) is 1. The molecule has 0 amide bonds. The molecule has 0 aromatic heterocycles. The second kappa shape index (κ2) is 14.1. The average molecular weight is 508 g/mol. The SMILES string of the molecule is CCCCCCCCCCCCOc1ccc([I-]c2c(C)cc(C)cc2C)cc1. The summed E-state index contributed by atoms with van der Waals surface area (Å²) in [7, 11) is 0. The molecule has 0 radical (unpaired) electrons. The molecule has 0 aliphatic rings. The molecule has 2 heteroatoms. The number of aryl methyl sites for hydroxylation is 3. The van der Waals surface area contributed by atoms with Crippen molar-refractivity contribution < 1.29 is 25.9 Å². The Hall–Kier alpha value is -1.03. The van der Waals surface area contributed by atoms with Crippen molar-refractivity contribution in [2.45, 2.75) is 91.9 Å². The third-order valence-electron chi connectivity index (χ3n) is 5.36. The number of benzene rings is 2. The van der Waals surface area contributed by atoms with Gasteiger partial charge in [0.1, 0.15) is 0 Å². The van der Waals surface area contributed by atoms with Gasteiger partial charge in [-0.2, -0.15) is 0 Å². The molecule has 0 atom stereocenters. The molecule has 0 saturated carbocycles. The standard InChI is InChI=1S/C27H40IO/c1-5-6-7-8-9-10-11-12-13-14-19-29-26-17-15-25(16-18-26)28-27-23(3)20-22(2)21-24(27)4/h15-18,20-21H,5-14,19H2,1-4H3/q-1. The molecule has 162 valence electrons. The second-order valence-electron chi connectivity index (χ2n) is 8.29. The van der Waals surface area contributed by atoms with Crippen LogP contribution in [0.15, 0.2) is 36.4 Å². The fourth-order valence-electron chi connectivity index (χ4n) is 3.79. The Bertz CT molecular complexity index is 682. The molecule has 0 bridgehead atoms. The first-order valence-electron chi connectivity index (χ1n) is 11.6. The summed E-state index contributed by atoms with van der Waals surface area (Å²) in [5, 5.41) is 0. The van der Waals surface area contributed by atoms with Gasteiger partial charge in [0, 0.05) is 0 Å². The van der Waals surface area contributed by atoms with Crippen molar-refractivity contribution in [3.05, 3.63) is 60.2 Å². The molecule has 0 fully saturated rings. The summed E-state index contributed by atoms with van der Waals surface area (Å²) in [5.41, 5.74) is 4.25. The van der Waals surface area contributed by atoms with E-state index in [1.165, 1.54) is 84.5 Å². The summed E-state index contributed by atoms with van der Waals surface area (Å²) >= 11 is -0.127. The van der Waals surface area contributed by atoms with Crippen molar-refractivity contribution in [1.29, 1.82) is 0 Å². The average Bonchev–Trinajstić information content (AvgIpc) is 2.70. The van der Waals surface area contributed by atoms with Crippen LogP contribution in [0.2, 0.25) is 0 Å². The Morgan fingerprint density at radius 2 is 1.21 bits per heavy atom. The Morgan fingerprint density at radius 3 is 1.76 bits per heavy atom. The van der Waals surface area contributed by atoms with Gasteiger partial charge in [-0.25, -0.2) is 0 Å². The first-order chi connectivity index (χ1) is 14.1. The molecule has 1 nitrogen and oxygen atoms in total. The summed E-state index contributed by atoms with van der Waals surface area (Å²) < 4.78 is 8.99. The summed E-state index contributed by atoms with van der Waals surface area (Å²) in [6.45, 7) is 9.81. The van der Waals surface area contributed by atoms with Gasteiger partial charge in [-0.15, -0.1) is 0 Å². The zero-order valence-electron chi connectivity index (χ0n) is 19.0. The van der Waals surface area contributed by atoms with E-state index in [1.54, 1.807) is 3.57 Å². The van der Waals surface area contributed by atoms with Gasteiger partial charge in [0.2, 0.25) is 0 Å². The third kappa shape index (κ3) is 9.55. The van der Waals surface area contributed by atoms with E-state index >= 15 is 0 Å². The minimum atomic E-state index is -0.127. The molecular weight excluding hydrogens is 467 g/mol. The van der Waals surface area contributed by atoms with Gasteiger partial charge in [-0.05, 0) is 0 Å². The van der Waals surface area contributed by atoms with E-state index in [0.29, 0.717) is 0 Å². The number of hydrogen-bond donors (Lipinski definition) is 0. The molecule has 2 aromatic rings. The maximum atomic E-state index is 5.96. The van der Waals surface area contributed by atoms with E-state index in [9.17, 15) is 0 Å². The normalized spacial score (nSPS) is 11.2. The molecule has 2 aromatic carbocycles. The van der Waals surface area contributed by atoms with E-state index in [-0.39, 0.29) is 21.2 Å². The monoisotopic (exact) mass is 507 g/mol. The van der Waals surface area contributed by atoms with Crippen LogP contribution < -0.4 is 25.9 Å². The van der Waals surface area contributed by atoms with Crippen LogP contribution >= 0.6 is 0 Å². The first kappa shape index (κ1) is 24.2. The number of ether oxygens (including phenoxy) is 1. The summed E-state index contributed by atoms with van der Waals surface area (Å²) in [6, 6.07) is 13.5. The zero-order valence-corrected chi connectivity index (χ0v) is 21.2. The number of rotatable bonds is 14. The zero-order chi connectivity index (χ0) is 20.9. The van der Waals surface area contributed by atoms with Crippen molar-refractivity contribution in [2.24, 2.45) is 0 Å². The Balaban J connectivity index is 1.61. The van der Waals surface area contributed by atoms with Crippen LogP contribution in [0, 0.1) is 27.9 Å². The minimum absolute atomic E-state index is 0.127. The number of halogens is 1. The van der Waals surface area contributed by atoms with Crippen LogP contribution in [-0.4, -0.2) is 6.61 Å². The topological polar surface area (TPSA) is 9.23 Å². The van der Waals surface area contributed by atoms with Crippen molar-refractivity contribution >= 4 is 0 Å². The Labute approximate surface area is 189 Å². The van der Waals surface area contributed by atoms with Gasteiger partial charge >= 0.3 is 158 Å². The predicted octanol–water partition coefficient (Wildman–Crippen LogP) is 5.04. The molecule has 0 saturated heterocycles. The summed E-state index contributed by atoms with van der Waals surface area (Å²) in [4.78, 5) is 0. The van der Waals surface area contributed by atoms with Crippen LogP contribution in [0.1, 0.15) is 87.8 Å². The summed E-state index contributed by atoms with van der Waals surface area (Å²) in [6.07, 6.45) is 13.7. The fourth-order valence-corrected chi connectivity index (χ4v) is 6.30. The van der Waals surface area contributed by atoms with Crippen LogP contribution in [0.5, 0.6) is 5.75 Å². The quantitative estimate of drug-likeness (QED) is 0.257. The molecule has 0 heterocycles. The molecule has 0 aliphatic carbocycles.